The highest BCUT2D eigenvalue weighted by Gasteiger charge is 2.13. The third-order valence-corrected chi connectivity index (χ3v) is 3.19. The zero-order valence-electron chi connectivity index (χ0n) is 11.3. The molecule has 21 heavy (non-hydrogen) atoms. The first-order valence-corrected chi connectivity index (χ1v) is 6.52. The molecule has 0 fully saturated rings. The summed E-state index contributed by atoms with van der Waals surface area (Å²) in [5, 5.41) is 22.6. The van der Waals surface area contributed by atoms with Crippen molar-refractivity contribution in [1.29, 1.82) is 0 Å². The molecule has 3 N–H and O–H groups in total. The lowest BCUT2D eigenvalue weighted by Crippen LogP contribution is -2.08. The van der Waals surface area contributed by atoms with Gasteiger partial charge in [-0.15, -0.1) is 0 Å². The highest BCUT2D eigenvalue weighted by atomic mass is 35.5. The van der Waals surface area contributed by atoms with Crippen molar-refractivity contribution in [2.45, 2.75) is 6.54 Å². The number of halogens is 1. The van der Waals surface area contributed by atoms with E-state index < -0.39 is 5.97 Å². The summed E-state index contributed by atoms with van der Waals surface area (Å²) in [5.41, 5.74) is 1.32. The molecule has 0 spiro atoms. The lowest BCUT2D eigenvalue weighted by atomic mass is 10.1. The van der Waals surface area contributed by atoms with Crippen LogP contribution in [0, 0.1) is 0 Å². The van der Waals surface area contributed by atoms with E-state index in [4.69, 9.17) is 16.3 Å². The number of rotatable bonds is 4. The van der Waals surface area contributed by atoms with Crippen LogP contribution < -0.4 is 5.32 Å². The van der Waals surface area contributed by atoms with E-state index in [2.05, 4.69) is 5.32 Å². The molecule has 2 aromatic rings. The molecule has 0 saturated heterocycles. The summed E-state index contributed by atoms with van der Waals surface area (Å²) in [6.07, 6.45) is 0. The number of ether oxygens (including phenoxy) is 1. The Hall–Kier alpha value is -2.40. The smallest absolute Gasteiger partial charge is 0.340 e. The maximum atomic E-state index is 11.7. The van der Waals surface area contributed by atoms with Crippen LogP contribution in [0.2, 0.25) is 5.02 Å². The van der Waals surface area contributed by atoms with Crippen molar-refractivity contribution in [3.8, 4) is 11.5 Å². The molecule has 6 heteroatoms. The summed E-state index contributed by atoms with van der Waals surface area (Å²) in [6, 6.07) is 9.46. The van der Waals surface area contributed by atoms with Crippen molar-refractivity contribution in [1.82, 2.24) is 0 Å². The predicted molar refractivity (Wildman–Crippen MR) is 79.9 cm³/mol. The fourth-order valence-corrected chi connectivity index (χ4v) is 2.03. The minimum atomic E-state index is -0.514. The van der Waals surface area contributed by atoms with Gasteiger partial charge in [-0.25, -0.2) is 4.79 Å². The van der Waals surface area contributed by atoms with Crippen LogP contribution in [0.3, 0.4) is 0 Å². The molecule has 0 radical (unpaired) electrons. The van der Waals surface area contributed by atoms with Gasteiger partial charge in [0.1, 0.15) is 0 Å². The van der Waals surface area contributed by atoms with Gasteiger partial charge in [-0.2, -0.15) is 0 Å². The van der Waals surface area contributed by atoms with Gasteiger partial charge < -0.3 is 20.3 Å². The standard InChI is InChI=1S/C15H14ClNO4/c1-21-15(20)11-7-10(16)5-6-12(11)17-8-9-3-2-4-13(18)14(9)19/h2-7,17-19H,8H2,1H3. The van der Waals surface area contributed by atoms with Gasteiger partial charge in [0.05, 0.1) is 12.7 Å². The van der Waals surface area contributed by atoms with Gasteiger partial charge in [0.15, 0.2) is 11.5 Å². The number of nitrogens with one attached hydrogen (secondary N) is 1. The summed E-state index contributed by atoms with van der Waals surface area (Å²) in [4.78, 5) is 11.7. The van der Waals surface area contributed by atoms with Crippen molar-refractivity contribution < 1.29 is 19.7 Å². The number of hydrogen-bond donors (Lipinski definition) is 3. The van der Waals surface area contributed by atoms with E-state index in [9.17, 15) is 15.0 Å². The summed E-state index contributed by atoms with van der Waals surface area (Å²) in [5.74, 6) is -0.905. The molecule has 0 aliphatic carbocycles. The number of aromatic hydroxyl groups is 2. The molecule has 2 aromatic carbocycles. The lowest BCUT2D eigenvalue weighted by molar-refractivity contribution is 0.0602. The van der Waals surface area contributed by atoms with Gasteiger partial charge in [0.2, 0.25) is 0 Å². The Morgan fingerprint density at radius 1 is 1.29 bits per heavy atom. The molecule has 0 atom stereocenters. The van der Waals surface area contributed by atoms with Crippen molar-refractivity contribution >= 4 is 23.3 Å². The topological polar surface area (TPSA) is 78.8 Å². The fourth-order valence-electron chi connectivity index (χ4n) is 1.86. The van der Waals surface area contributed by atoms with E-state index in [1.807, 2.05) is 0 Å². The van der Waals surface area contributed by atoms with Crippen LogP contribution in [-0.4, -0.2) is 23.3 Å². The van der Waals surface area contributed by atoms with Crippen molar-refractivity contribution in [2.75, 3.05) is 12.4 Å². The van der Waals surface area contributed by atoms with Crippen LogP contribution in [0.5, 0.6) is 11.5 Å². The van der Waals surface area contributed by atoms with Gasteiger partial charge in [-0.05, 0) is 24.3 Å². The first kappa shape index (κ1) is 15.0. The molecule has 0 aliphatic rings. The minimum absolute atomic E-state index is 0.196. The van der Waals surface area contributed by atoms with Gasteiger partial charge in [-0.1, -0.05) is 23.7 Å². The van der Waals surface area contributed by atoms with E-state index in [0.29, 0.717) is 21.8 Å². The number of carbonyl (C=O) groups excluding carboxylic acids is 1. The summed E-state index contributed by atoms with van der Waals surface area (Å²) >= 11 is 5.87. The average molecular weight is 308 g/mol. The summed E-state index contributed by atoms with van der Waals surface area (Å²) in [7, 11) is 1.29. The molecule has 110 valence electrons. The Morgan fingerprint density at radius 2 is 2.05 bits per heavy atom. The molecule has 5 nitrogen and oxygen atoms in total. The second-order valence-electron chi connectivity index (χ2n) is 4.32. The van der Waals surface area contributed by atoms with E-state index >= 15 is 0 Å². The highest BCUT2D eigenvalue weighted by molar-refractivity contribution is 6.31. The number of phenolic OH excluding ortho intramolecular Hbond substituents is 2. The van der Waals surface area contributed by atoms with E-state index in [0.717, 1.165) is 0 Å². The van der Waals surface area contributed by atoms with Crippen LogP contribution in [0.4, 0.5) is 5.69 Å². The molecule has 2 rings (SSSR count). The molecule has 0 aliphatic heterocycles. The number of esters is 1. The van der Waals surface area contributed by atoms with Crippen molar-refractivity contribution in [3.63, 3.8) is 0 Å². The van der Waals surface area contributed by atoms with Crippen LogP contribution >= 0.6 is 11.6 Å². The molecule has 0 bridgehead atoms. The molecule has 0 unspecified atom stereocenters. The minimum Gasteiger partial charge on any atom is -0.504 e. The SMILES string of the molecule is COC(=O)c1cc(Cl)ccc1NCc1cccc(O)c1O. The third-order valence-electron chi connectivity index (χ3n) is 2.95. The van der Waals surface area contributed by atoms with Gasteiger partial charge in [-0.3, -0.25) is 0 Å². The number of carbonyl (C=O) groups is 1. The Labute approximate surface area is 126 Å². The number of benzene rings is 2. The van der Waals surface area contributed by atoms with Gasteiger partial charge in [0.25, 0.3) is 0 Å². The maximum Gasteiger partial charge on any atom is 0.340 e. The molecule has 0 saturated carbocycles. The Bertz CT molecular complexity index is 673. The van der Waals surface area contributed by atoms with Gasteiger partial charge >= 0.3 is 5.97 Å². The van der Waals surface area contributed by atoms with Crippen LogP contribution in [0.15, 0.2) is 36.4 Å². The third kappa shape index (κ3) is 3.38. The molecule has 0 amide bonds. The largest absolute Gasteiger partial charge is 0.504 e. The zero-order chi connectivity index (χ0) is 15.4. The predicted octanol–water partition coefficient (Wildman–Crippen LogP) is 3.15. The first-order chi connectivity index (χ1) is 10.0. The molecule has 0 aromatic heterocycles. The van der Waals surface area contributed by atoms with Gasteiger partial charge in [0, 0.05) is 22.8 Å². The van der Waals surface area contributed by atoms with Crippen LogP contribution in [-0.2, 0) is 11.3 Å². The lowest BCUT2D eigenvalue weighted by Gasteiger charge is -2.12. The number of phenols is 2. The van der Waals surface area contributed by atoms with E-state index in [1.165, 1.54) is 19.2 Å². The molecular formula is C15H14ClNO4. The van der Waals surface area contributed by atoms with E-state index in [-0.39, 0.29) is 18.0 Å². The van der Waals surface area contributed by atoms with Crippen LogP contribution in [0.25, 0.3) is 0 Å². The van der Waals surface area contributed by atoms with Crippen LogP contribution in [0.1, 0.15) is 15.9 Å². The number of anilines is 1. The summed E-state index contributed by atoms with van der Waals surface area (Å²) in [6.45, 7) is 0.228. The molecular weight excluding hydrogens is 294 g/mol. The maximum absolute atomic E-state index is 11.7. The highest BCUT2D eigenvalue weighted by Crippen LogP contribution is 2.29. The zero-order valence-corrected chi connectivity index (χ0v) is 12.0. The first-order valence-electron chi connectivity index (χ1n) is 6.14. The number of para-hydroxylation sites is 1. The summed E-state index contributed by atoms with van der Waals surface area (Å²) < 4.78 is 4.70. The number of methoxy groups -OCH3 is 1. The Morgan fingerprint density at radius 3 is 2.76 bits per heavy atom. The van der Waals surface area contributed by atoms with Crippen molar-refractivity contribution in [2.24, 2.45) is 0 Å². The average Bonchev–Trinajstić information content (AvgIpc) is 2.49. The monoisotopic (exact) mass is 307 g/mol. The second kappa shape index (κ2) is 6.37. The number of hydrogen-bond acceptors (Lipinski definition) is 5. The van der Waals surface area contributed by atoms with E-state index in [1.54, 1.807) is 24.3 Å². The second-order valence-corrected chi connectivity index (χ2v) is 4.76. The Balaban J connectivity index is 2.24. The molecule has 0 heterocycles. The quantitative estimate of drug-likeness (QED) is 0.597. The fraction of sp³-hybridized carbons (Fsp3) is 0.133. The normalized spacial score (nSPS) is 10.2. The van der Waals surface area contributed by atoms with Crippen molar-refractivity contribution in [3.05, 3.63) is 52.5 Å². The Kier molecular flexibility index (Phi) is 4.55.